The fourth-order valence-corrected chi connectivity index (χ4v) is 4.14. The summed E-state index contributed by atoms with van der Waals surface area (Å²) in [6, 6.07) is 13.8. The van der Waals surface area contributed by atoms with E-state index in [-0.39, 0.29) is 4.90 Å². The van der Waals surface area contributed by atoms with E-state index >= 15 is 0 Å². The molecular formula is C21H21N5O2S. The third kappa shape index (κ3) is 4.27. The van der Waals surface area contributed by atoms with Gasteiger partial charge in [-0.2, -0.15) is 0 Å². The van der Waals surface area contributed by atoms with Crippen LogP contribution >= 0.6 is 0 Å². The summed E-state index contributed by atoms with van der Waals surface area (Å²) in [6.45, 7) is 2.12. The van der Waals surface area contributed by atoms with Gasteiger partial charge in [0.1, 0.15) is 0 Å². The Labute approximate surface area is 169 Å². The van der Waals surface area contributed by atoms with Crippen molar-refractivity contribution in [3.8, 4) is 5.69 Å². The third-order valence-corrected chi connectivity index (χ3v) is 5.99. The van der Waals surface area contributed by atoms with Gasteiger partial charge in [0.25, 0.3) is 10.0 Å². The number of rotatable bonds is 7. The Morgan fingerprint density at radius 2 is 1.97 bits per heavy atom. The SMILES string of the molecule is CCCCc1cn(-c2cccc(S(=O)(=O)Nc3ccc4cnccc4c3)c2)nn1. The fraction of sp³-hybridized carbons (Fsp3) is 0.190. The molecule has 0 bridgehead atoms. The van der Waals surface area contributed by atoms with Gasteiger partial charge < -0.3 is 0 Å². The van der Waals surface area contributed by atoms with Gasteiger partial charge in [-0.1, -0.05) is 30.7 Å². The van der Waals surface area contributed by atoms with Gasteiger partial charge in [0.05, 0.1) is 22.5 Å². The Balaban J connectivity index is 1.59. The molecular weight excluding hydrogens is 386 g/mol. The van der Waals surface area contributed by atoms with Gasteiger partial charge >= 0.3 is 0 Å². The summed E-state index contributed by atoms with van der Waals surface area (Å²) in [5.41, 5.74) is 2.04. The molecule has 2 aromatic heterocycles. The Morgan fingerprint density at radius 1 is 1.07 bits per heavy atom. The van der Waals surface area contributed by atoms with Crippen LogP contribution in [0.2, 0.25) is 0 Å². The van der Waals surface area contributed by atoms with Crippen LogP contribution in [0.4, 0.5) is 5.69 Å². The van der Waals surface area contributed by atoms with E-state index in [1.807, 2.05) is 18.3 Å². The quantitative estimate of drug-likeness (QED) is 0.501. The number of pyridine rings is 1. The third-order valence-electron chi connectivity index (χ3n) is 4.61. The van der Waals surface area contributed by atoms with E-state index in [2.05, 4.69) is 26.9 Å². The Kier molecular flexibility index (Phi) is 5.26. The number of anilines is 1. The van der Waals surface area contributed by atoms with Crippen molar-refractivity contribution in [2.75, 3.05) is 4.72 Å². The van der Waals surface area contributed by atoms with Crippen molar-refractivity contribution in [2.45, 2.75) is 31.1 Å². The summed E-state index contributed by atoms with van der Waals surface area (Å²) in [6.07, 6.45) is 8.23. The first-order valence-electron chi connectivity index (χ1n) is 9.43. The van der Waals surface area contributed by atoms with Crippen LogP contribution in [0.25, 0.3) is 16.5 Å². The number of sulfonamides is 1. The number of nitrogens with one attached hydrogen (secondary N) is 1. The molecule has 4 rings (SSSR count). The molecule has 8 heteroatoms. The van der Waals surface area contributed by atoms with Crippen LogP contribution in [0.3, 0.4) is 0 Å². The summed E-state index contributed by atoms with van der Waals surface area (Å²) in [5, 5.41) is 10.1. The zero-order chi connectivity index (χ0) is 20.3. The lowest BCUT2D eigenvalue weighted by molar-refractivity contribution is 0.601. The second kappa shape index (κ2) is 8.00. The number of aryl methyl sites for hydroxylation is 1. The molecule has 0 amide bonds. The number of unbranched alkanes of at least 4 members (excludes halogenated alkanes) is 1. The number of hydrogen-bond donors (Lipinski definition) is 1. The topological polar surface area (TPSA) is 89.8 Å². The zero-order valence-corrected chi connectivity index (χ0v) is 16.8. The van der Waals surface area contributed by atoms with Crippen LogP contribution in [0.1, 0.15) is 25.5 Å². The van der Waals surface area contributed by atoms with Gasteiger partial charge in [0, 0.05) is 23.5 Å². The van der Waals surface area contributed by atoms with E-state index in [4.69, 9.17) is 0 Å². The smallest absolute Gasteiger partial charge is 0.261 e. The summed E-state index contributed by atoms with van der Waals surface area (Å²) >= 11 is 0. The molecule has 2 aromatic carbocycles. The molecule has 0 spiro atoms. The number of fused-ring (bicyclic) bond motifs is 1. The highest BCUT2D eigenvalue weighted by Gasteiger charge is 2.16. The first-order valence-corrected chi connectivity index (χ1v) is 10.9. The molecule has 0 radical (unpaired) electrons. The molecule has 0 atom stereocenters. The van der Waals surface area contributed by atoms with E-state index in [0.717, 1.165) is 35.7 Å². The number of hydrogen-bond acceptors (Lipinski definition) is 5. The standard InChI is InChI=1S/C21H21N5O2S/c1-2-3-5-19-15-26(25-23-19)20-6-4-7-21(13-20)29(27,28)24-18-9-8-17-14-22-11-10-16(17)12-18/h4,6-15,24H,2-3,5H2,1H3. The highest BCUT2D eigenvalue weighted by molar-refractivity contribution is 7.92. The molecule has 0 aliphatic carbocycles. The van der Waals surface area contributed by atoms with Crippen molar-refractivity contribution in [1.82, 2.24) is 20.0 Å². The maximum Gasteiger partial charge on any atom is 0.261 e. The van der Waals surface area contributed by atoms with Crippen LogP contribution in [-0.4, -0.2) is 28.4 Å². The second-order valence-electron chi connectivity index (χ2n) is 6.80. The normalized spacial score (nSPS) is 11.6. The van der Waals surface area contributed by atoms with Crippen LogP contribution < -0.4 is 4.72 Å². The van der Waals surface area contributed by atoms with E-state index in [0.29, 0.717) is 11.4 Å². The molecule has 29 heavy (non-hydrogen) atoms. The van der Waals surface area contributed by atoms with E-state index in [9.17, 15) is 8.42 Å². The minimum Gasteiger partial charge on any atom is -0.280 e. The Hall–Kier alpha value is -3.26. The van der Waals surface area contributed by atoms with Crippen LogP contribution in [-0.2, 0) is 16.4 Å². The molecule has 4 aromatic rings. The highest BCUT2D eigenvalue weighted by Crippen LogP contribution is 2.22. The number of benzene rings is 2. The van der Waals surface area contributed by atoms with Crippen LogP contribution in [0, 0.1) is 0 Å². The maximum atomic E-state index is 12.9. The second-order valence-corrected chi connectivity index (χ2v) is 8.48. The maximum absolute atomic E-state index is 12.9. The van der Waals surface area contributed by atoms with Gasteiger partial charge in [-0.3, -0.25) is 9.71 Å². The van der Waals surface area contributed by atoms with Gasteiger partial charge in [-0.05, 0) is 54.6 Å². The van der Waals surface area contributed by atoms with Gasteiger partial charge in [0.2, 0.25) is 0 Å². The van der Waals surface area contributed by atoms with Crippen LogP contribution in [0.5, 0.6) is 0 Å². The lowest BCUT2D eigenvalue weighted by atomic mass is 10.2. The molecule has 148 valence electrons. The Morgan fingerprint density at radius 3 is 2.83 bits per heavy atom. The zero-order valence-electron chi connectivity index (χ0n) is 16.0. The van der Waals surface area contributed by atoms with Gasteiger partial charge in [0.15, 0.2) is 0 Å². The molecule has 0 aliphatic heterocycles. The predicted molar refractivity (Wildman–Crippen MR) is 113 cm³/mol. The van der Waals surface area contributed by atoms with Gasteiger partial charge in [-0.25, -0.2) is 13.1 Å². The van der Waals surface area contributed by atoms with Crippen molar-refractivity contribution in [1.29, 1.82) is 0 Å². The molecule has 0 unspecified atom stereocenters. The van der Waals surface area contributed by atoms with Crippen molar-refractivity contribution in [2.24, 2.45) is 0 Å². The largest absolute Gasteiger partial charge is 0.280 e. The molecule has 7 nitrogen and oxygen atoms in total. The number of nitrogens with zero attached hydrogens (tertiary/aromatic N) is 4. The average Bonchev–Trinajstić information content (AvgIpc) is 3.21. The number of aromatic nitrogens is 4. The molecule has 0 saturated heterocycles. The lowest BCUT2D eigenvalue weighted by Crippen LogP contribution is -2.13. The van der Waals surface area contributed by atoms with Crippen molar-refractivity contribution >= 4 is 26.5 Å². The summed E-state index contributed by atoms with van der Waals surface area (Å²) < 4.78 is 30.0. The van der Waals surface area contributed by atoms with Crippen molar-refractivity contribution in [3.05, 3.63) is 72.8 Å². The monoisotopic (exact) mass is 407 g/mol. The molecule has 0 saturated carbocycles. The summed E-state index contributed by atoms with van der Waals surface area (Å²) in [4.78, 5) is 4.23. The first kappa shape index (κ1) is 19.1. The summed E-state index contributed by atoms with van der Waals surface area (Å²) in [5.74, 6) is 0. The minimum atomic E-state index is -3.75. The fourth-order valence-electron chi connectivity index (χ4n) is 3.05. The highest BCUT2D eigenvalue weighted by atomic mass is 32.2. The molecule has 0 aliphatic rings. The van der Waals surface area contributed by atoms with Crippen LogP contribution in [0.15, 0.2) is 72.0 Å². The van der Waals surface area contributed by atoms with E-state index in [1.165, 1.54) is 0 Å². The summed E-state index contributed by atoms with van der Waals surface area (Å²) in [7, 11) is -3.75. The van der Waals surface area contributed by atoms with Crippen molar-refractivity contribution in [3.63, 3.8) is 0 Å². The molecule has 0 fully saturated rings. The van der Waals surface area contributed by atoms with Crippen molar-refractivity contribution < 1.29 is 8.42 Å². The van der Waals surface area contributed by atoms with E-state index < -0.39 is 10.0 Å². The predicted octanol–water partition coefficient (Wildman–Crippen LogP) is 3.96. The Bertz CT molecular complexity index is 1250. The molecule has 1 N–H and O–H groups in total. The first-order chi connectivity index (χ1) is 14.0. The minimum absolute atomic E-state index is 0.162. The molecule has 2 heterocycles. The average molecular weight is 407 g/mol. The van der Waals surface area contributed by atoms with E-state index in [1.54, 1.807) is 53.5 Å². The van der Waals surface area contributed by atoms with Gasteiger partial charge in [-0.15, -0.1) is 5.10 Å². The lowest BCUT2D eigenvalue weighted by Gasteiger charge is -2.10.